The number of rotatable bonds is 4. The molecular weight excluding hydrogens is 787 g/mol. The normalized spacial score (nSPS) is 13.0. The van der Waals surface area contributed by atoms with E-state index >= 15 is 0 Å². The molecule has 0 aliphatic heterocycles. The number of nitrogens with zero attached hydrogens (tertiary/aromatic N) is 3. The Labute approximate surface area is 376 Å². The minimum Gasteiger partial charge on any atom is -0.208 e. The van der Waals surface area contributed by atoms with Crippen LogP contribution in [0.25, 0.3) is 111 Å². The summed E-state index contributed by atoms with van der Waals surface area (Å²) in [7, 11) is 0. The fourth-order valence-corrected chi connectivity index (χ4v) is 11.5. The summed E-state index contributed by atoms with van der Waals surface area (Å²) in [6.07, 6.45) is 0. The van der Waals surface area contributed by atoms with Gasteiger partial charge in [0.1, 0.15) is 0 Å². The van der Waals surface area contributed by atoms with Gasteiger partial charge in [-0.15, -0.1) is 0 Å². The Morgan fingerprint density at radius 3 is 1.31 bits per heavy atom. The predicted octanol–water partition coefficient (Wildman–Crippen LogP) is 15.5. The first kappa shape index (κ1) is 36.0. The maximum absolute atomic E-state index is 5.39. The molecule has 11 aromatic carbocycles. The molecule has 3 heteroatoms. The summed E-state index contributed by atoms with van der Waals surface area (Å²) >= 11 is 0. The molecule has 0 saturated heterocycles. The zero-order valence-electron chi connectivity index (χ0n) is 35.2. The number of hydrogen-bond donors (Lipinski definition) is 0. The maximum Gasteiger partial charge on any atom is 0.164 e. The minimum absolute atomic E-state index is 0.463. The van der Waals surface area contributed by atoms with E-state index in [1.165, 1.54) is 93.2 Å². The van der Waals surface area contributed by atoms with Gasteiger partial charge in [-0.25, -0.2) is 15.0 Å². The van der Waals surface area contributed by atoms with Crippen molar-refractivity contribution in [3.05, 3.63) is 247 Å². The zero-order valence-corrected chi connectivity index (χ0v) is 35.2. The van der Waals surface area contributed by atoms with Gasteiger partial charge in [0.15, 0.2) is 17.5 Å². The first-order valence-electron chi connectivity index (χ1n) is 22.4. The first-order valence-corrected chi connectivity index (χ1v) is 22.4. The average molecular weight is 824 g/mol. The lowest BCUT2D eigenvalue weighted by Crippen LogP contribution is -2.25. The molecule has 0 N–H and O–H groups in total. The van der Waals surface area contributed by atoms with E-state index in [9.17, 15) is 0 Å². The fourth-order valence-electron chi connectivity index (χ4n) is 11.5. The van der Waals surface area contributed by atoms with Crippen LogP contribution in [0.4, 0.5) is 0 Å². The molecule has 1 aromatic heterocycles. The van der Waals surface area contributed by atoms with Crippen molar-refractivity contribution < 1.29 is 0 Å². The van der Waals surface area contributed by atoms with Crippen LogP contribution in [-0.2, 0) is 5.41 Å². The Bertz CT molecular complexity index is 3900. The lowest BCUT2D eigenvalue weighted by atomic mass is 9.70. The largest absolute Gasteiger partial charge is 0.208 e. The monoisotopic (exact) mass is 823 g/mol. The summed E-state index contributed by atoms with van der Waals surface area (Å²) in [5.74, 6) is 1.93. The molecule has 14 rings (SSSR count). The van der Waals surface area contributed by atoms with Crippen LogP contribution in [0, 0.1) is 0 Å². The van der Waals surface area contributed by atoms with Crippen molar-refractivity contribution in [2.24, 2.45) is 0 Å². The molecular formula is C62H37N3. The molecule has 65 heavy (non-hydrogen) atoms. The molecule has 1 heterocycles. The lowest BCUT2D eigenvalue weighted by Gasteiger charge is -2.30. The summed E-state index contributed by atoms with van der Waals surface area (Å²) in [5.41, 5.74) is 14.9. The van der Waals surface area contributed by atoms with Gasteiger partial charge >= 0.3 is 0 Å². The summed E-state index contributed by atoms with van der Waals surface area (Å²) < 4.78 is 0. The molecule has 0 bridgehead atoms. The van der Waals surface area contributed by atoms with E-state index in [-0.39, 0.29) is 0 Å². The highest BCUT2D eigenvalue weighted by Gasteiger charge is 2.52. The van der Waals surface area contributed by atoms with E-state index in [4.69, 9.17) is 15.0 Å². The standard InChI is InChI=1S/C62H37N3/c1-2-17-39(18-3-1)59-63-60(40-35-33-38(34-36-40)51-37-52-43-21-5-4-19-41(43)42-20-6-8-25-47(42)57(52)48-26-9-7-22-44(48)51)65-61(64-59)50-28-16-32-56-58(50)49-27-12-15-31-55(49)62(56)53-29-13-10-23-45(53)46-24-11-14-30-54(46)62/h1-37H. The smallest absolute Gasteiger partial charge is 0.164 e. The van der Waals surface area contributed by atoms with Gasteiger partial charge < -0.3 is 0 Å². The highest BCUT2D eigenvalue weighted by molar-refractivity contribution is 6.33. The predicted molar refractivity (Wildman–Crippen MR) is 268 cm³/mol. The molecule has 0 radical (unpaired) electrons. The van der Waals surface area contributed by atoms with Gasteiger partial charge in [0.25, 0.3) is 0 Å². The summed E-state index contributed by atoms with van der Waals surface area (Å²) in [5, 5.41) is 10.1. The Morgan fingerprint density at radius 2 is 0.662 bits per heavy atom. The van der Waals surface area contributed by atoms with Crippen molar-refractivity contribution in [2.45, 2.75) is 5.41 Å². The average Bonchev–Trinajstić information content (AvgIpc) is 3.86. The van der Waals surface area contributed by atoms with Crippen LogP contribution in [-0.4, -0.2) is 15.0 Å². The van der Waals surface area contributed by atoms with E-state index in [0.717, 1.165) is 22.3 Å². The zero-order chi connectivity index (χ0) is 42.6. The molecule has 0 fully saturated rings. The topological polar surface area (TPSA) is 38.7 Å². The van der Waals surface area contributed by atoms with Gasteiger partial charge in [0.2, 0.25) is 0 Å². The van der Waals surface area contributed by atoms with Crippen LogP contribution in [0.1, 0.15) is 22.3 Å². The van der Waals surface area contributed by atoms with Crippen molar-refractivity contribution in [3.8, 4) is 67.5 Å². The van der Waals surface area contributed by atoms with Gasteiger partial charge in [-0.05, 0) is 105 Å². The van der Waals surface area contributed by atoms with Crippen molar-refractivity contribution in [1.82, 2.24) is 15.0 Å². The lowest BCUT2D eigenvalue weighted by molar-refractivity contribution is 0.794. The maximum atomic E-state index is 5.39. The Balaban J connectivity index is 0.960. The highest BCUT2D eigenvalue weighted by Crippen LogP contribution is 2.63. The van der Waals surface area contributed by atoms with Crippen molar-refractivity contribution >= 4 is 43.1 Å². The van der Waals surface area contributed by atoms with Gasteiger partial charge in [-0.1, -0.05) is 218 Å². The first-order chi connectivity index (χ1) is 32.3. The second-order valence-corrected chi connectivity index (χ2v) is 17.3. The number of fused-ring (bicyclic) bond motifs is 18. The number of hydrogen-bond acceptors (Lipinski definition) is 3. The molecule has 300 valence electrons. The SMILES string of the molecule is c1ccc(-c2nc(-c3ccc(-c4cc5c6ccccc6c6ccccc6c5c5ccccc45)cc3)nc(-c3cccc4c3-c3ccccc3C43c4ccccc4-c4ccccc43)n2)cc1. The van der Waals surface area contributed by atoms with E-state index in [1.807, 2.05) is 18.2 Å². The number of aromatic nitrogens is 3. The molecule has 1 spiro atoms. The van der Waals surface area contributed by atoms with Gasteiger partial charge in [0, 0.05) is 16.7 Å². The molecule has 2 aliphatic carbocycles. The molecule has 3 nitrogen and oxygen atoms in total. The van der Waals surface area contributed by atoms with Crippen molar-refractivity contribution in [1.29, 1.82) is 0 Å². The third-order valence-corrected chi connectivity index (χ3v) is 14.1. The van der Waals surface area contributed by atoms with Gasteiger partial charge in [-0.3, -0.25) is 0 Å². The van der Waals surface area contributed by atoms with Crippen LogP contribution < -0.4 is 0 Å². The highest BCUT2D eigenvalue weighted by atomic mass is 15.0. The van der Waals surface area contributed by atoms with E-state index in [0.29, 0.717) is 17.5 Å². The van der Waals surface area contributed by atoms with Crippen LogP contribution in [0.5, 0.6) is 0 Å². The third kappa shape index (κ3) is 5.04. The summed E-state index contributed by atoms with van der Waals surface area (Å²) in [6.45, 7) is 0. The third-order valence-electron chi connectivity index (χ3n) is 14.1. The van der Waals surface area contributed by atoms with E-state index in [2.05, 4.69) is 206 Å². The Hall–Kier alpha value is -8.53. The van der Waals surface area contributed by atoms with E-state index in [1.54, 1.807) is 0 Å². The quantitative estimate of drug-likeness (QED) is 0.166. The molecule has 0 saturated carbocycles. The van der Waals surface area contributed by atoms with E-state index < -0.39 is 5.41 Å². The van der Waals surface area contributed by atoms with Crippen LogP contribution in [0.3, 0.4) is 0 Å². The minimum atomic E-state index is -0.463. The molecule has 12 aromatic rings. The van der Waals surface area contributed by atoms with Crippen molar-refractivity contribution in [2.75, 3.05) is 0 Å². The molecule has 0 unspecified atom stereocenters. The van der Waals surface area contributed by atoms with Crippen LogP contribution >= 0.6 is 0 Å². The van der Waals surface area contributed by atoms with Gasteiger partial charge in [-0.2, -0.15) is 0 Å². The molecule has 2 aliphatic rings. The Kier molecular flexibility index (Phi) is 7.61. The van der Waals surface area contributed by atoms with Crippen LogP contribution in [0.15, 0.2) is 224 Å². The Morgan fingerprint density at radius 1 is 0.246 bits per heavy atom. The molecule has 0 atom stereocenters. The number of benzene rings is 11. The fraction of sp³-hybridized carbons (Fsp3) is 0.0161. The van der Waals surface area contributed by atoms with Crippen molar-refractivity contribution in [3.63, 3.8) is 0 Å². The van der Waals surface area contributed by atoms with Gasteiger partial charge in [0.05, 0.1) is 5.41 Å². The van der Waals surface area contributed by atoms with Crippen LogP contribution in [0.2, 0.25) is 0 Å². The second-order valence-electron chi connectivity index (χ2n) is 17.3. The molecule has 0 amide bonds. The summed E-state index contributed by atoms with van der Waals surface area (Å²) in [4.78, 5) is 15.9. The summed E-state index contributed by atoms with van der Waals surface area (Å²) in [6, 6.07) is 81.4. The second kappa shape index (κ2) is 13.7.